The second kappa shape index (κ2) is 6.05. The first-order valence-electron chi connectivity index (χ1n) is 6.73. The lowest BCUT2D eigenvalue weighted by Crippen LogP contribution is -2.37. The van der Waals surface area contributed by atoms with Crippen LogP contribution < -0.4 is 10.6 Å². The van der Waals surface area contributed by atoms with Crippen molar-refractivity contribution in [3.63, 3.8) is 0 Å². The van der Waals surface area contributed by atoms with Gasteiger partial charge in [0.05, 0.1) is 0 Å². The summed E-state index contributed by atoms with van der Waals surface area (Å²) < 4.78 is 1.91. The van der Waals surface area contributed by atoms with Crippen LogP contribution in [0.25, 0.3) is 0 Å². The summed E-state index contributed by atoms with van der Waals surface area (Å²) in [6.07, 6.45) is 6.71. The van der Waals surface area contributed by atoms with Gasteiger partial charge in [-0.3, -0.25) is 4.68 Å². The zero-order valence-corrected chi connectivity index (χ0v) is 11.0. The number of rotatable bonds is 3. The highest BCUT2D eigenvalue weighted by molar-refractivity contribution is 5.35. The van der Waals surface area contributed by atoms with Crippen molar-refractivity contribution in [2.45, 2.75) is 45.1 Å². The minimum Gasteiger partial charge on any atom is -0.367 e. The highest BCUT2D eigenvalue weighted by atomic mass is 15.3. The van der Waals surface area contributed by atoms with E-state index in [4.69, 9.17) is 0 Å². The fourth-order valence-electron chi connectivity index (χ4n) is 2.33. The van der Waals surface area contributed by atoms with Crippen molar-refractivity contribution in [1.82, 2.24) is 15.1 Å². The second-order valence-electron chi connectivity index (χ2n) is 5.03. The molecule has 1 aliphatic rings. The third-order valence-corrected chi connectivity index (χ3v) is 3.56. The molecule has 0 aromatic carbocycles. The van der Waals surface area contributed by atoms with Gasteiger partial charge >= 0.3 is 0 Å². The van der Waals surface area contributed by atoms with E-state index in [1.54, 1.807) is 0 Å². The van der Waals surface area contributed by atoms with Crippen molar-refractivity contribution >= 4 is 5.82 Å². The summed E-state index contributed by atoms with van der Waals surface area (Å²) in [5, 5.41) is 11.5. The molecule has 1 aromatic heterocycles. The maximum absolute atomic E-state index is 4.41. The number of anilines is 1. The smallest absolute Gasteiger partial charge is 0.148 e. The van der Waals surface area contributed by atoms with Crippen LogP contribution in [-0.4, -0.2) is 28.9 Å². The fourth-order valence-corrected chi connectivity index (χ4v) is 2.33. The zero-order valence-electron chi connectivity index (χ0n) is 11.0. The van der Waals surface area contributed by atoms with Crippen molar-refractivity contribution in [1.29, 1.82) is 0 Å². The monoisotopic (exact) mass is 236 g/mol. The predicted molar refractivity (Wildman–Crippen MR) is 71.3 cm³/mol. The van der Waals surface area contributed by atoms with Crippen LogP contribution in [0.4, 0.5) is 5.82 Å². The SMILES string of the molecule is Cc1cc(NCC2CCCCCCN2)nn1C. The van der Waals surface area contributed by atoms with Crippen LogP contribution in [0, 0.1) is 6.92 Å². The predicted octanol–water partition coefficient (Wildman–Crippen LogP) is 2.06. The fraction of sp³-hybridized carbons (Fsp3) is 0.769. The van der Waals surface area contributed by atoms with Gasteiger partial charge in [-0.25, -0.2) is 0 Å². The van der Waals surface area contributed by atoms with Crippen molar-refractivity contribution in [3.05, 3.63) is 11.8 Å². The van der Waals surface area contributed by atoms with Gasteiger partial charge in [0, 0.05) is 31.4 Å². The van der Waals surface area contributed by atoms with E-state index in [9.17, 15) is 0 Å². The molecule has 0 amide bonds. The van der Waals surface area contributed by atoms with E-state index in [1.807, 2.05) is 11.7 Å². The third-order valence-electron chi connectivity index (χ3n) is 3.56. The summed E-state index contributed by atoms with van der Waals surface area (Å²) in [6.45, 7) is 4.22. The Bertz CT molecular complexity index is 318. The zero-order chi connectivity index (χ0) is 12.1. The van der Waals surface area contributed by atoms with Crippen molar-refractivity contribution < 1.29 is 0 Å². The Morgan fingerprint density at radius 1 is 1.41 bits per heavy atom. The normalized spacial score (nSPS) is 21.9. The summed E-state index contributed by atoms with van der Waals surface area (Å²) in [4.78, 5) is 0. The molecule has 2 rings (SSSR count). The average molecular weight is 236 g/mol. The van der Waals surface area contributed by atoms with E-state index in [-0.39, 0.29) is 0 Å². The van der Waals surface area contributed by atoms with Gasteiger partial charge in [0.1, 0.15) is 5.82 Å². The van der Waals surface area contributed by atoms with E-state index in [2.05, 4.69) is 28.7 Å². The largest absolute Gasteiger partial charge is 0.367 e. The lowest BCUT2D eigenvalue weighted by atomic mass is 10.0. The molecule has 0 bridgehead atoms. The quantitative estimate of drug-likeness (QED) is 0.844. The first kappa shape index (κ1) is 12.4. The molecule has 0 radical (unpaired) electrons. The van der Waals surface area contributed by atoms with Crippen LogP contribution in [0.15, 0.2) is 6.07 Å². The molecule has 0 spiro atoms. The van der Waals surface area contributed by atoms with Gasteiger partial charge in [0.15, 0.2) is 0 Å². The molecule has 1 aliphatic heterocycles. The van der Waals surface area contributed by atoms with Crippen molar-refractivity contribution in [2.24, 2.45) is 7.05 Å². The molecule has 4 heteroatoms. The van der Waals surface area contributed by atoms with Gasteiger partial charge in [-0.2, -0.15) is 5.10 Å². The molecular formula is C13H24N4. The molecule has 1 atom stereocenters. The molecule has 96 valence electrons. The van der Waals surface area contributed by atoms with Gasteiger partial charge in [-0.05, 0) is 26.3 Å². The molecule has 1 unspecified atom stereocenters. The van der Waals surface area contributed by atoms with Crippen LogP contribution in [0.1, 0.15) is 37.8 Å². The summed E-state index contributed by atoms with van der Waals surface area (Å²) in [5.74, 6) is 0.994. The number of hydrogen-bond donors (Lipinski definition) is 2. The van der Waals surface area contributed by atoms with Crippen LogP contribution in [0.3, 0.4) is 0 Å². The first-order valence-corrected chi connectivity index (χ1v) is 6.73. The molecular weight excluding hydrogens is 212 g/mol. The molecule has 0 saturated carbocycles. The van der Waals surface area contributed by atoms with Crippen molar-refractivity contribution in [2.75, 3.05) is 18.4 Å². The van der Waals surface area contributed by atoms with Gasteiger partial charge in [0.25, 0.3) is 0 Å². The molecule has 0 aliphatic carbocycles. The molecule has 1 aromatic rings. The van der Waals surface area contributed by atoms with E-state index in [0.717, 1.165) is 18.9 Å². The Balaban J connectivity index is 1.79. The maximum Gasteiger partial charge on any atom is 0.148 e. The summed E-state index contributed by atoms with van der Waals surface area (Å²) in [5.41, 5.74) is 1.19. The minimum atomic E-state index is 0.595. The number of aromatic nitrogens is 2. The molecule has 2 heterocycles. The van der Waals surface area contributed by atoms with E-state index >= 15 is 0 Å². The standard InChI is InChI=1S/C13H24N4/c1-11-9-13(16-17(11)2)15-10-12-7-5-3-4-6-8-14-12/h9,12,14H,3-8,10H2,1-2H3,(H,15,16). The molecule has 17 heavy (non-hydrogen) atoms. The summed E-state index contributed by atoms with van der Waals surface area (Å²) in [7, 11) is 1.98. The van der Waals surface area contributed by atoms with Crippen LogP contribution in [0.5, 0.6) is 0 Å². The molecule has 2 N–H and O–H groups in total. The van der Waals surface area contributed by atoms with Crippen molar-refractivity contribution in [3.8, 4) is 0 Å². The molecule has 1 fully saturated rings. The van der Waals surface area contributed by atoms with Gasteiger partial charge in [-0.1, -0.05) is 19.3 Å². The molecule has 1 saturated heterocycles. The summed E-state index contributed by atoms with van der Waals surface area (Å²) >= 11 is 0. The lowest BCUT2D eigenvalue weighted by Gasteiger charge is -2.21. The van der Waals surface area contributed by atoms with E-state index in [1.165, 1.54) is 37.8 Å². The lowest BCUT2D eigenvalue weighted by molar-refractivity contribution is 0.428. The number of aryl methyl sites for hydroxylation is 2. The minimum absolute atomic E-state index is 0.595. The van der Waals surface area contributed by atoms with Gasteiger partial charge in [-0.15, -0.1) is 0 Å². The topological polar surface area (TPSA) is 41.9 Å². The third kappa shape index (κ3) is 3.73. The maximum atomic E-state index is 4.41. The van der Waals surface area contributed by atoms with Crippen LogP contribution >= 0.6 is 0 Å². The summed E-state index contributed by atoms with van der Waals surface area (Å²) in [6, 6.07) is 2.70. The van der Waals surface area contributed by atoms with Crippen LogP contribution in [-0.2, 0) is 7.05 Å². The Kier molecular flexibility index (Phi) is 4.42. The Morgan fingerprint density at radius 3 is 3.00 bits per heavy atom. The van der Waals surface area contributed by atoms with E-state index in [0.29, 0.717) is 6.04 Å². The number of nitrogens with one attached hydrogen (secondary N) is 2. The highest BCUT2D eigenvalue weighted by Crippen LogP contribution is 2.11. The Hall–Kier alpha value is -1.03. The van der Waals surface area contributed by atoms with Gasteiger partial charge < -0.3 is 10.6 Å². The van der Waals surface area contributed by atoms with Crippen LogP contribution in [0.2, 0.25) is 0 Å². The first-order chi connectivity index (χ1) is 8.25. The van der Waals surface area contributed by atoms with Gasteiger partial charge in [0.2, 0.25) is 0 Å². The highest BCUT2D eigenvalue weighted by Gasteiger charge is 2.10. The number of nitrogens with zero attached hydrogens (tertiary/aromatic N) is 2. The second-order valence-corrected chi connectivity index (χ2v) is 5.03. The Labute approximate surface area is 104 Å². The average Bonchev–Trinajstić information content (AvgIpc) is 2.57. The Morgan fingerprint density at radius 2 is 2.24 bits per heavy atom. The van der Waals surface area contributed by atoms with E-state index < -0.39 is 0 Å². The molecule has 4 nitrogen and oxygen atoms in total. The number of hydrogen-bond acceptors (Lipinski definition) is 3.